The summed E-state index contributed by atoms with van der Waals surface area (Å²) in [5.41, 5.74) is 7.28. The molecule has 4 unspecified atom stereocenters. The fraction of sp³-hybridized carbons (Fsp3) is 0.622. The number of hydrazine groups is 1. The second-order valence-corrected chi connectivity index (χ2v) is 47.6. The molecule has 11 rings (SSSR count). The minimum Gasteiger partial charge on any atom is -0.490 e. The number of imide groups is 2. The van der Waals surface area contributed by atoms with Crippen LogP contribution < -0.4 is 65.9 Å². The Morgan fingerprint density at radius 1 is 0.453 bits per heavy atom. The number of esters is 1. The van der Waals surface area contributed by atoms with Gasteiger partial charge in [0.25, 0.3) is 11.8 Å². The zero-order chi connectivity index (χ0) is 102. The zero-order valence-corrected chi connectivity index (χ0v) is 85.4. The highest BCUT2D eigenvalue weighted by Crippen LogP contribution is 2.43. The summed E-state index contributed by atoms with van der Waals surface area (Å²) in [5, 5.41) is 5.25. The van der Waals surface area contributed by atoms with E-state index < -0.39 is 116 Å². The Balaban J connectivity index is 0.000000273. The number of Topliss-reactive ketones (excluding diaryl/α,β-unsaturated/α-hetero) is 1. The molecular formula is C98H149F4N11O20S4. The van der Waals surface area contributed by atoms with Crippen molar-refractivity contribution < 1.29 is 108 Å². The van der Waals surface area contributed by atoms with E-state index in [4.69, 9.17) is 24.7 Å². The third-order valence-electron chi connectivity index (χ3n) is 23.0. The molecule has 6 aliphatic rings. The number of ether oxygens (including phenoxy) is 5. The van der Waals surface area contributed by atoms with E-state index in [1.807, 2.05) is 83.1 Å². The van der Waals surface area contributed by atoms with E-state index >= 15 is 0 Å². The Labute approximate surface area is 809 Å². The molecule has 2 aliphatic heterocycles. The van der Waals surface area contributed by atoms with Crippen molar-refractivity contribution in [2.45, 2.75) is 250 Å². The molecule has 5 fully saturated rings. The number of ketones is 1. The molecule has 0 bridgehead atoms. The van der Waals surface area contributed by atoms with Gasteiger partial charge in [-0.2, -0.15) is 0 Å². The second kappa shape index (κ2) is 55.0. The highest BCUT2D eigenvalue weighted by molar-refractivity contribution is 7.90. The maximum absolute atomic E-state index is 14.3. The van der Waals surface area contributed by atoms with Gasteiger partial charge in [-0.15, -0.1) is 0 Å². The molecule has 4 saturated carbocycles. The SMILES string of the molecule is CC(=O)CNCCCCCS(=O)(=O)NC(c1ccc(F)c(OCC2CC2)c1)C(C)(C)C.CC(C)(C)C(NS(=O)(=O)CCCCCN)c1ccc(F)c(OCC2CC2)c1.CC(C)(C)C(NS(=O)(=O)CCCCCN1C(=O)c2ccccc2C1=O)c1ccc(F)c(OCC2CC2)c1.CC(C)(C)C(NS(=O)(=O)CCCCCN1CC(=O)NC1=O)c1ccc(F)c(OCC2CC2)c1.CCOC(=O)C=O.NN. The van der Waals surface area contributed by atoms with Crippen LogP contribution in [0.1, 0.15) is 292 Å². The van der Waals surface area contributed by atoms with Gasteiger partial charge in [0.1, 0.15) is 12.3 Å². The number of amides is 5. The number of carbonyl (C=O) groups is 7. The van der Waals surface area contributed by atoms with Gasteiger partial charge >= 0.3 is 12.0 Å². The number of nitrogens with zero attached hydrogens (tertiary/aromatic N) is 2. The lowest BCUT2D eigenvalue weighted by Crippen LogP contribution is -2.38. The summed E-state index contributed by atoms with van der Waals surface area (Å²) in [6, 6.07) is 22.5. The largest absolute Gasteiger partial charge is 0.490 e. The van der Waals surface area contributed by atoms with Crippen LogP contribution in [0.25, 0.3) is 0 Å². The van der Waals surface area contributed by atoms with Crippen LogP contribution in [0.15, 0.2) is 97.1 Å². The lowest BCUT2D eigenvalue weighted by Gasteiger charge is -2.32. The third-order valence-corrected chi connectivity index (χ3v) is 28.7. The average Bonchev–Trinajstić information content (AvgIpc) is 0.984. The second-order valence-electron chi connectivity index (χ2n) is 40.1. The number of halogens is 4. The Morgan fingerprint density at radius 3 is 1.01 bits per heavy atom. The fourth-order valence-electron chi connectivity index (χ4n) is 14.5. The van der Waals surface area contributed by atoms with Gasteiger partial charge < -0.3 is 39.6 Å². The maximum Gasteiger partial charge on any atom is 0.371 e. The number of urea groups is 1. The molecular weight excluding hydrogens is 1860 g/mol. The van der Waals surface area contributed by atoms with Gasteiger partial charge in [0, 0.05) is 13.1 Å². The monoisotopic (exact) mass is 2000 g/mol. The van der Waals surface area contributed by atoms with E-state index in [0.29, 0.717) is 161 Å². The van der Waals surface area contributed by atoms with E-state index in [-0.39, 0.29) is 101 Å². The Morgan fingerprint density at radius 2 is 0.752 bits per heavy atom. The van der Waals surface area contributed by atoms with Crippen molar-refractivity contribution in [2.24, 2.45) is 62.8 Å². The van der Waals surface area contributed by atoms with Crippen LogP contribution in [-0.4, -0.2) is 181 Å². The lowest BCUT2D eigenvalue weighted by atomic mass is 9.83. The normalized spacial score (nSPS) is 16.0. The molecule has 39 heteroatoms. The van der Waals surface area contributed by atoms with E-state index in [1.54, 1.807) is 79.7 Å². The van der Waals surface area contributed by atoms with Crippen LogP contribution in [0, 0.1) is 68.6 Å². The smallest absolute Gasteiger partial charge is 0.371 e. The van der Waals surface area contributed by atoms with Crippen molar-refractivity contribution in [1.82, 2.24) is 39.3 Å². The van der Waals surface area contributed by atoms with Crippen molar-refractivity contribution in [1.29, 1.82) is 0 Å². The molecule has 5 amide bonds. The summed E-state index contributed by atoms with van der Waals surface area (Å²) < 4.78 is 197. The molecule has 12 N–H and O–H groups in total. The number of carbonyl (C=O) groups excluding carboxylic acids is 7. The molecule has 5 aromatic rings. The van der Waals surface area contributed by atoms with Crippen LogP contribution in [0.3, 0.4) is 0 Å². The lowest BCUT2D eigenvalue weighted by molar-refractivity contribution is -0.148. The van der Waals surface area contributed by atoms with Gasteiger partial charge in [-0.3, -0.25) is 45.9 Å². The number of benzene rings is 5. The van der Waals surface area contributed by atoms with E-state index in [1.165, 1.54) is 41.0 Å². The van der Waals surface area contributed by atoms with Crippen LogP contribution >= 0.6 is 0 Å². The molecule has 2 heterocycles. The number of aldehydes is 1. The molecule has 1 saturated heterocycles. The molecule has 0 spiro atoms. The standard InChI is InChI=1S/C28H35FN2O5S.C23H34FN3O5S.C23H37FN2O4S.C20H33FN2O3S.C4H6O3.H4N2/c1-28(2,3)25(20-13-14-23(29)24(17-20)36-18-19-11-12-19)30-37(34,35)16-8-4-7-15-31-26(32)21-9-5-6-10-22(21)27(31)33;1-23(2,3)21(17-9-10-18(24)19(13-17)32-15-16-7-8-16)26-33(30,31)12-6-4-5-11-27-14-20(28)25-22(27)29;1-17(27)15-25-12-6-5-7-13-31(28,29)26-22(23(2,3)4)19-10-11-20(24)21(14-19)30-16-18-8-9-18;1-20(2,3)19(23-27(24,25)12-6-4-5-11-22)16-9-10-17(21)18(13-16)26-14-15-7-8-15;1-2-7-4(6)3-5;1-2/h5-6,9-10,13-14,17,19,25,30H,4,7-8,11-12,15-16,18H2,1-3H3;9-10,13,16,21,26H,4-8,11-12,14-15H2,1-3H3,(H,25,28,29);10-11,14,18,22,25-26H,5-9,12-13,15-16H2,1-4H3;9-10,13,15,19,23H,4-8,11-12,14,22H2,1-3H3;3H,2H2,1H3;1-2H2. The number of unbranched alkanes of at least 4 members (excludes halogenated alkanes) is 8. The molecule has 0 radical (unpaired) electrons. The Hall–Kier alpha value is -8.61. The predicted molar refractivity (Wildman–Crippen MR) is 521 cm³/mol. The van der Waals surface area contributed by atoms with Gasteiger partial charge in [0.05, 0.1) is 97.9 Å². The minimum atomic E-state index is -3.65. The van der Waals surface area contributed by atoms with Crippen molar-refractivity contribution >= 4 is 81.9 Å². The van der Waals surface area contributed by atoms with Crippen LogP contribution in [0.2, 0.25) is 0 Å². The summed E-state index contributed by atoms with van der Waals surface area (Å²) in [6.07, 6.45) is 16.3. The molecule has 0 aromatic heterocycles. The van der Waals surface area contributed by atoms with Crippen LogP contribution in [0.5, 0.6) is 23.0 Å². The number of hydrogen-bond donors (Lipinski definition) is 9. The molecule has 5 aromatic carbocycles. The summed E-state index contributed by atoms with van der Waals surface area (Å²) in [6.45, 7) is 31.0. The first-order valence-electron chi connectivity index (χ1n) is 47.4. The Kier molecular flexibility index (Phi) is 47.0. The molecule has 4 atom stereocenters. The van der Waals surface area contributed by atoms with Crippen molar-refractivity contribution in [3.8, 4) is 23.0 Å². The number of fused-ring (bicyclic) bond motifs is 1. The first-order chi connectivity index (χ1) is 64.3. The number of rotatable bonds is 51. The van der Waals surface area contributed by atoms with Gasteiger partial charge in [0.15, 0.2) is 46.3 Å². The number of nitrogens with one attached hydrogen (secondary N) is 6. The quantitative estimate of drug-likeness (QED) is 0.00201. The summed E-state index contributed by atoms with van der Waals surface area (Å²) in [4.78, 5) is 80.5. The van der Waals surface area contributed by atoms with Crippen LogP contribution in [-0.2, 0) is 64.0 Å². The molecule has 4 aliphatic carbocycles. The van der Waals surface area contributed by atoms with Gasteiger partial charge in [0.2, 0.25) is 52.3 Å². The zero-order valence-electron chi connectivity index (χ0n) is 82.1. The topological polar surface area (TPSA) is 459 Å². The summed E-state index contributed by atoms with van der Waals surface area (Å²) in [5.74, 6) is 7.15. The summed E-state index contributed by atoms with van der Waals surface area (Å²) in [7, 11) is -14.2. The van der Waals surface area contributed by atoms with E-state index in [0.717, 1.165) is 77.0 Å². The van der Waals surface area contributed by atoms with Crippen molar-refractivity contribution in [3.63, 3.8) is 0 Å². The average molecular weight is 2010 g/mol. The van der Waals surface area contributed by atoms with Gasteiger partial charge in [-0.25, -0.2) is 79.7 Å². The number of nitrogens with two attached hydrogens (primary N) is 3. The van der Waals surface area contributed by atoms with E-state index in [2.05, 4.69) is 45.9 Å². The highest BCUT2D eigenvalue weighted by Gasteiger charge is 2.39. The number of hydrogen-bond acceptors (Lipinski definition) is 24. The molecule has 31 nitrogen and oxygen atoms in total. The van der Waals surface area contributed by atoms with Gasteiger partial charge in [-0.05, 0) is 258 Å². The highest BCUT2D eigenvalue weighted by atomic mass is 32.2. The maximum atomic E-state index is 14.3. The fourth-order valence-corrected chi connectivity index (χ4v) is 20.7. The molecule has 137 heavy (non-hydrogen) atoms. The summed E-state index contributed by atoms with van der Waals surface area (Å²) >= 11 is 0. The predicted octanol–water partition coefficient (Wildman–Crippen LogP) is 14.7. The van der Waals surface area contributed by atoms with Crippen molar-refractivity contribution in [2.75, 3.05) is 95.3 Å². The van der Waals surface area contributed by atoms with E-state index in [9.17, 15) is 84.8 Å². The first-order valence-corrected chi connectivity index (χ1v) is 54.0. The minimum absolute atomic E-state index is 0.0263. The van der Waals surface area contributed by atoms with Crippen LogP contribution in [0.4, 0.5) is 22.4 Å². The number of sulfonamides is 4. The van der Waals surface area contributed by atoms with Gasteiger partial charge in [-0.1, -0.05) is 145 Å². The third kappa shape index (κ3) is 43.2. The Bertz CT molecular complexity index is 5200. The van der Waals surface area contributed by atoms with Crippen molar-refractivity contribution in [3.05, 3.63) is 154 Å². The molecule has 768 valence electrons. The first kappa shape index (κ1) is 117.